The Morgan fingerprint density at radius 3 is 2.31 bits per heavy atom. The van der Waals surface area contributed by atoms with Gasteiger partial charge in [0.05, 0.1) is 0 Å². The maximum absolute atomic E-state index is 12.0. The van der Waals surface area contributed by atoms with E-state index >= 15 is 0 Å². The van der Waals surface area contributed by atoms with Crippen LogP contribution in [0.2, 0.25) is 0 Å². The van der Waals surface area contributed by atoms with Gasteiger partial charge in [-0.2, -0.15) is 0 Å². The largest absolute Gasteiger partial charge is 0.484 e. The normalized spacial score (nSPS) is 10.3. The molecule has 26 heavy (non-hydrogen) atoms. The molecule has 0 radical (unpaired) electrons. The van der Waals surface area contributed by atoms with Crippen LogP contribution in [0.15, 0.2) is 42.5 Å². The van der Waals surface area contributed by atoms with Crippen LogP contribution in [0.5, 0.6) is 5.75 Å². The van der Waals surface area contributed by atoms with Crippen molar-refractivity contribution in [3.05, 3.63) is 59.2 Å². The van der Waals surface area contributed by atoms with Crippen molar-refractivity contribution in [2.75, 3.05) is 24.6 Å². The van der Waals surface area contributed by atoms with Gasteiger partial charge in [-0.1, -0.05) is 29.8 Å². The molecule has 2 amide bonds. The Morgan fingerprint density at radius 2 is 1.65 bits per heavy atom. The first-order chi connectivity index (χ1) is 12.4. The molecule has 138 valence electrons. The third kappa shape index (κ3) is 5.62. The van der Waals surface area contributed by atoms with E-state index in [1.165, 1.54) is 6.92 Å². The van der Waals surface area contributed by atoms with Gasteiger partial charge in [-0.25, -0.2) is 0 Å². The van der Waals surface area contributed by atoms with Crippen molar-refractivity contribution in [3.8, 4) is 5.75 Å². The Labute approximate surface area is 155 Å². The number of rotatable bonds is 7. The number of nitrogens with one attached hydrogen (secondary N) is 1. The third-order valence-electron chi connectivity index (χ3n) is 4.08. The van der Waals surface area contributed by atoms with Crippen molar-refractivity contribution in [2.45, 2.75) is 27.7 Å². The lowest BCUT2D eigenvalue weighted by Crippen LogP contribution is -2.39. The standard InChI is InChI=1S/C21H26N2O3/c1-15-6-9-19(10-7-15)26-14-21(25)22-11-12-23(18(4)24)20-13-16(2)5-8-17(20)3/h5-10,13H,11-12,14H2,1-4H3,(H,22,25). The molecular weight excluding hydrogens is 328 g/mol. The number of hydrogen-bond acceptors (Lipinski definition) is 3. The summed E-state index contributed by atoms with van der Waals surface area (Å²) in [5.41, 5.74) is 4.13. The molecule has 0 spiro atoms. The molecule has 0 saturated carbocycles. The van der Waals surface area contributed by atoms with Crippen LogP contribution < -0.4 is 15.0 Å². The number of amides is 2. The van der Waals surface area contributed by atoms with Crippen LogP contribution >= 0.6 is 0 Å². The van der Waals surface area contributed by atoms with Crippen molar-refractivity contribution in [2.24, 2.45) is 0 Å². The predicted octanol–water partition coefficient (Wildman–Crippen LogP) is 3.16. The van der Waals surface area contributed by atoms with E-state index in [4.69, 9.17) is 4.74 Å². The van der Waals surface area contributed by atoms with E-state index in [9.17, 15) is 9.59 Å². The summed E-state index contributed by atoms with van der Waals surface area (Å²) in [4.78, 5) is 25.6. The van der Waals surface area contributed by atoms with Crippen molar-refractivity contribution < 1.29 is 14.3 Å². The molecule has 1 N–H and O–H groups in total. The molecule has 5 heteroatoms. The molecule has 2 rings (SSSR count). The number of hydrogen-bond donors (Lipinski definition) is 1. The van der Waals surface area contributed by atoms with Crippen LogP contribution in [0.3, 0.4) is 0 Å². The summed E-state index contributed by atoms with van der Waals surface area (Å²) in [6, 6.07) is 13.5. The fourth-order valence-electron chi connectivity index (χ4n) is 2.60. The molecule has 0 fully saturated rings. The molecule has 2 aromatic carbocycles. The molecule has 0 unspecified atom stereocenters. The molecule has 0 aliphatic rings. The highest BCUT2D eigenvalue weighted by atomic mass is 16.5. The van der Waals surface area contributed by atoms with Gasteiger partial charge in [-0.15, -0.1) is 0 Å². The average Bonchev–Trinajstić information content (AvgIpc) is 2.60. The van der Waals surface area contributed by atoms with Crippen LogP contribution in [0.1, 0.15) is 23.6 Å². The van der Waals surface area contributed by atoms with E-state index in [1.807, 2.05) is 63.2 Å². The van der Waals surface area contributed by atoms with E-state index in [0.717, 1.165) is 22.4 Å². The van der Waals surface area contributed by atoms with Crippen molar-refractivity contribution in [1.29, 1.82) is 0 Å². The lowest BCUT2D eigenvalue weighted by Gasteiger charge is -2.23. The predicted molar refractivity (Wildman–Crippen MR) is 104 cm³/mol. The Morgan fingerprint density at radius 1 is 1.00 bits per heavy atom. The van der Waals surface area contributed by atoms with Crippen LogP contribution in [0.25, 0.3) is 0 Å². The number of nitrogens with zero attached hydrogens (tertiary/aromatic N) is 1. The first-order valence-electron chi connectivity index (χ1n) is 8.68. The van der Waals surface area contributed by atoms with Crippen LogP contribution in [0, 0.1) is 20.8 Å². The summed E-state index contributed by atoms with van der Waals surface area (Å²) < 4.78 is 5.45. The van der Waals surface area contributed by atoms with E-state index in [0.29, 0.717) is 18.8 Å². The van der Waals surface area contributed by atoms with E-state index in [-0.39, 0.29) is 18.4 Å². The fraction of sp³-hybridized carbons (Fsp3) is 0.333. The molecule has 0 heterocycles. The van der Waals surface area contributed by atoms with Crippen LogP contribution in [-0.2, 0) is 9.59 Å². The first kappa shape index (κ1) is 19.5. The Balaban J connectivity index is 1.85. The first-order valence-corrected chi connectivity index (χ1v) is 8.68. The molecule has 0 aliphatic carbocycles. The lowest BCUT2D eigenvalue weighted by atomic mass is 10.1. The Kier molecular flexibility index (Phi) is 6.78. The smallest absolute Gasteiger partial charge is 0.258 e. The van der Waals surface area contributed by atoms with E-state index in [1.54, 1.807) is 4.90 Å². The minimum absolute atomic E-state index is 0.0490. The number of carbonyl (C=O) groups is 2. The van der Waals surface area contributed by atoms with Crippen molar-refractivity contribution >= 4 is 17.5 Å². The number of benzene rings is 2. The van der Waals surface area contributed by atoms with Gasteiger partial charge in [-0.05, 0) is 50.1 Å². The van der Waals surface area contributed by atoms with Gasteiger partial charge in [0.1, 0.15) is 5.75 Å². The highest BCUT2D eigenvalue weighted by Gasteiger charge is 2.14. The highest BCUT2D eigenvalue weighted by Crippen LogP contribution is 2.21. The van der Waals surface area contributed by atoms with Gasteiger partial charge < -0.3 is 15.0 Å². The minimum atomic E-state index is -0.213. The summed E-state index contributed by atoms with van der Waals surface area (Å²) >= 11 is 0. The fourth-order valence-corrected chi connectivity index (χ4v) is 2.60. The number of aryl methyl sites for hydroxylation is 3. The van der Waals surface area contributed by atoms with E-state index < -0.39 is 0 Å². The average molecular weight is 354 g/mol. The topological polar surface area (TPSA) is 58.6 Å². The molecule has 2 aromatic rings. The van der Waals surface area contributed by atoms with Crippen LogP contribution in [-0.4, -0.2) is 31.5 Å². The minimum Gasteiger partial charge on any atom is -0.484 e. The van der Waals surface area contributed by atoms with Gasteiger partial charge in [0.25, 0.3) is 5.91 Å². The number of ether oxygens (including phenoxy) is 1. The summed E-state index contributed by atoms with van der Waals surface area (Å²) in [5.74, 6) is 0.394. The van der Waals surface area contributed by atoms with Crippen molar-refractivity contribution in [1.82, 2.24) is 5.32 Å². The second kappa shape index (κ2) is 9.04. The Bertz CT molecular complexity index is 769. The summed E-state index contributed by atoms with van der Waals surface area (Å²) in [6.45, 7) is 8.22. The van der Waals surface area contributed by atoms with Gasteiger partial charge in [-0.3, -0.25) is 9.59 Å². The molecule has 0 aliphatic heterocycles. The van der Waals surface area contributed by atoms with Gasteiger partial charge in [0.2, 0.25) is 5.91 Å². The van der Waals surface area contributed by atoms with Gasteiger partial charge in [0.15, 0.2) is 6.61 Å². The molecule has 0 bridgehead atoms. The van der Waals surface area contributed by atoms with Gasteiger partial charge >= 0.3 is 0 Å². The maximum atomic E-state index is 12.0. The number of anilines is 1. The SMILES string of the molecule is CC(=O)N(CCNC(=O)COc1ccc(C)cc1)c1cc(C)ccc1C. The molecule has 0 atom stereocenters. The molecule has 0 saturated heterocycles. The quantitative estimate of drug-likeness (QED) is 0.831. The maximum Gasteiger partial charge on any atom is 0.258 e. The summed E-state index contributed by atoms with van der Waals surface area (Å²) in [5, 5.41) is 2.80. The number of carbonyl (C=O) groups excluding carboxylic acids is 2. The van der Waals surface area contributed by atoms with Crippen molar-refractivity contribution in [3.63, 3.8) is 0 Å². The van der Waals surface area contributed by atoms with E-state index in [2.05, 4.69) is 5.32 Å². The zero-order valence-corrected chi connectivity index (χ0v) is 15.8. The molecular formula is C21H26N2O3. The third-order valence-corrected chi connectivity index (χ3v) is 4.08. The Hall–Kier alpha value is -2.82. The molecule has 5 nitrogen and oxygen atoms in total. The zero-order chi connectivity index (χ0) is 19.1. The monoisotopic (exact) mass is 354 g/mol. The van der Waals surface area contributed by atoms with Gasteiger partial charge in [0, 0.05) is 25.7 Å². The second-order valence-electron chi connectivity index (χ2n) is 6.41. The second-order valence-corrected chi connectivity index (χ2v) is 6.41. The summed E-state index contributed by atoms with van der Waals surface area (Å²) in [7, 11) is 0. The van der Waals surface area contributed by atoms with Crippen LogP contribution in [0.4, 0.5) is 5.69 Å². The highest BCUT2D eigenvalue weighted by molar-refractivity contribution is 5.92. The molecule has 0 aromatic heterocycles. The zero-order valence-electron chi connectivity index (χ0n) is 15.8. The lowest BCUT2D eigenvalue weighted by molar-refractivity contribution is -0.123. The summed E-state index contributed by atoms with van der Waals surface area (Å²) in [6.07, 6.45) is 0.